The summed E-state index contributed by atoms with van der Waals surface area (Å²) in [7, 11) is 0. The van der Waals surface area contributed by atoms with Crippen LogP contribution in [0, 0.1) is 17.8 Å². The largest absolute Gasteiger partial charge is 0.481 e. The molecule has 28 heavy (non-hydrogen) atoms. The van der Waals surface area contributed by atoms with Crippen LogP contribution in [0.25, 0.3) is 0 Å². The van der Waals surface area contributed by atoms with E-state index in [9.17, 15) is 14.7 Å². The molecular weight excluding hydrogens is 380 g/mol. The quantitative estimate of drug-likeness (QED) is 0.655. The number of carboxylic acids is 1. The number of carbonyl (C=O) groups is 2. The van der Waals surface area contributed by atoms with E-state index in [1.807, 2.05) is 24.3 Å². The lowest BCUT2D eigenvalue weighted by Crippen LogP contribution is -2.46. The minimum absolute atomic E-state index is 0.0405. The van der Waals surface area contributed by atoms with Gasteiger partial charge < -0.3 is 14.6 Å². The molecule has 6 heteroatoms. The minimum Gasteiger partial charge on any atom is -0.481 e. The number of carbonyl (C=O) groups excluding carboxylic acids is 1. The van der Waals surface area contributed by atoms with Gasteiger partial charge in [0.15, 0.2) is 0 Å². The first-order valence-electron chi connectivity index (χ1n) is 9.50. The van der Waals surface area contributed by atoms with Crippen molar-refractivity contribution in [2.24, 2.45) is 17.8 Å². The molecule has 0 spiro atoms. The maximum atomic E-state index is 11.5. The van der Waals surface area contributed by atoms with Gasteiger partial charge in [-0.1, -0.05) is 48.0 Å². The molecule has 0 aliphatic heterocycles. The molecule has 0 bridgehead atoms. The second-order valence-electron chi connectivity index (χ2n) is 7.47. The third-order valence-electron chi connectivity index (χ3n) is 5.47. The summed E-state index contributed by atoms with van der Waals surface area (Å²) in [4.78, 5) is 22.4. The lowest BCUT2D eigenvalue weighted by molar-refractivity contribution is -0.163. The first kappa shape index (κ1) is 20.6. The third-order valence-corrected chi connectivity index (χ3v) is 5.75. The Morgan fingerprint density at radius 2 is 1.89 bits per heavy atom. The number of carboxylic acid groups (broad SMARTS) is 1. The number of aliphatic carboxylic acids is 1. The molecule has 1 N–H and O–H groups in total. The number of hydrogen-bond donors (Lipinski definition) is 1. The molecule has 1 unspecified atom stereocenters. The van der Waals surface area contributed by atoms with Gasteiger partial charge in [0.05, 0.1) is 25.7 Å². The van der Waals surface area contributed by atoms with Crippen LogP contribution in [0.15, 0.2) is 47.5 Å². The molecule has 1 fully saturated rings. The highest BCUT2D eigenvalue weighted by Crippen LogP contribution is 2.41. The normalized spacial score (nSPS) is 26.3. The summed E-state index contributed by atoms with van der Waals surface area (Å²) >= 11 is 5.96. The Hall–Kier alpha value is -2.11. The van der Waals surface area contributed by atoms with Crippen molar-refractivity contribution in [1.29, 1.82) is 0 Å². The van der Waals surface area contributed by atoms with E-state index in [-0.39, 0.29) is 24.4 Å². The number of esters is 1. The monoisotopic (exact) mass is 404 g/mol. The van der Waals surface area contributed by atoms with Crippen LogP contribution in [-0.4, -0.2) is 30.3 Å². The molecule has 1 aromatic rings. The lowest BCUT2D eigenvalue weighted by atomic mass is 9.65. The van der Waals surface area contributed by atoms with E-state index in [0.717, 1.165) is 17.0 Å². The molecule has 0 saturated heterocycles. The van der Waals surface area contributed by atoms with Crippen LogP contribution in [-0.2, 0) is 25.7 Å². The predicted octanol–water partition coefficient (Wildman–Crippen LogP) is 4.27. The molecule has 0 amide bonds. The zero-order valence-electron chi connectivity index (χ0n) is 15.8. The summed E-state index contributed by atoms with van der Waals surface area (Å²) in [5, 5.41) is 10.2. The van der Waals surface area contributed by atoms with Crippen molar-refractivity contribution in [2.45, 2.75) is 32.3 Å². The molecule has 150 valence electrons. The number of ether oxygens (including phenoxy) is 2. The number of rotatable bonds is 8. The van der Waals surface area contributed by atoms with Gasteiger partial charge in [-0.05, 0) is 36.0 Å². The summed E-state index contributed by atoms with van der Waals surface area (Å²) in [6, 6.07) is 8.28. The highest BCUT2D eigenvalue weighted by molar-refractivity contribution is 6.31. The summed E-state index contributed by atoms with van der Waals surface area (Å²) in [5.74, 6) is -1.56. The molecule has 0 aromatic heterocycles. The molecule has 1 saturated carbocycles. The van der Waals surface area contributed by atoms with Crippen LogP contribution in [0.3, 0.4) is 0 Å². The van der Waals surface area contributed by atoms with Gasteiger partial charge in [-0.25, -0.2) is 0 Å². The maximum Gasteiger partial charge on any atom is 0.307 e. The van der Waals surface area contributed by atoms with Crippen molar-refractivity contribution in [1.82, 2.24) is 0 Å². The molecule has 2 aliphatic carbocycles. The van der Waals surface area contributed by atoms with E-state index in [4.69, 9.17) is 21.1 Å². The highest BCUT2D eigenvalue weighted by Gasteiger charge is 2.46. The highest BCUT2D eigenvalue weighted by atomic mass is 35.5. The Labute approximate surface area is 170 Å². The van der Waals surface area contributed by atoms with E-state index < -0.39 is 11.9 Å². The smallest absolute Gasteiger partial charge is 0.307 e. The van der Waals surface area contributed by atoms with Crippen LogP contribution >= 0.6 is 11.6 Å². The van der Waals surface area contributed by atoms with Crippen molar-refractivity contribution < 1.29 is 24.2 Å². The van der Waals surface area contributed by atoms with Crippen molar-refractivity contribution in [2.75, 3.05) is 13.2 Å². The SMILES string of the molecule is CC(=O)OC[C@@H]1C[C@H](COCc2ccc(C3C=CC(Cl)=CC3)cc2)[C@H]1C(=O)O. The van der Waals surface area contributed by atoms with Crippen molar-refractivity contribution in [3.63, 3.8) is 0 Å². The van der Waals surface area contributed by atoms with Crippen LogP contribution in [0.4, 0.5) is 0 Å². The topological polar surface area (TPSA) is 72.8 Å². The van der Waals surface area contributed by atoms with Gasteiger partial charge >= 0.3 is 11.9 Å². The molecule has 2 aliphatic rings. The lowest BCUT2D eigenvalue weighted by Gasteiger charge is -2.41. The molecule has 5 nitrogen and oxygen atoms in total. The van der Waals surface area contributed by atoms with E-state index in [1.54, 1.807) is 0 Å². The molecule has 0 radical (unpaired) electrons. The van der Waals surface area contributed by atoms with Gasteiger partial charge in [-0.2, -0.15) is 0 Å². The van der Waals surface area contributed by atoms with Crippen molar-refractivity contribution in [3.8, 4) is 0 Å². The Morgan fingerprint density at radius 3 is 2.50 bits per heavy atom. The third kappa shape index (κ3) is 5.24. The number of halogens is 1. The summed E-state index contributed by atoms with van der Waals surface area (Å²) < 4.78 is 10.7. The number of benzene rings is 1. The first-order valence-corrected chi connectivity index (χ1v) is 9.88. The van der Waals surface area contributed by atoms with Crippen molar-refractivity contribution >= 4 is 23.5 Å². The zero-order chi connectivity index (χ0) is 20.1. The summed E-state index contributed by atoms with van der Waals surface area (Å²) in [6.45, 7) is 2.34. The fourth-order valence-corrected chi connectivity index (χ4v) is 4.03. The van der Waals surface area contributed by atoms with Gasteiger partial charge in [-0.3, -0.25) is 9.59 Å². The second kappa shape index (κ2) is 9.39. The van der Waals surface area contributed by atoms with Gasteiger partial charge in [-0.15, -0.1) is 0 Å². The van der Waals surface area contributed by atoms with Crippen LogP contribution in [0.5, 0.6) is 0 Å². The van der Waals surface area contributed by atoms with Crippen LogP contribution in [0.1, 0.15) is 36.8 Å². The zero-order valence-corrected chi connectivity index (χ0v) is 16.6. The average Bonchev–Trinajstić information content (AvgIpc) is 2.63. The van der Waals surface area contributed by atoms with E-state index in [0.29, 0.717) is 25.6 Å². The fourth-order valence-electron chi connectivity index (χ4n) is 3.87. The maximum absolute atomic E-state index is 11.5. The molecule has 0 heterocycles. The number of allylic oxidation sites excluding steroid dienone is 4. The standard InChI is InChI=1S/C22H25ClO5/c1-14(24)28-13-19-10-18(21(19)22(25)26)12-27-11-15-2-4-16(5-3-15)17-6-8-20(23)9-7-17/h2-6,8-9,17-19,21H,7,10-13H2,1H3,(H,25,26)/t17?,18-,19+,21-/m1/s1. The Kier molecular flexibility index (Phi) is 6.92. The van der Waals surface area contributed by atoms with Gasteiger partial charge in [0, 0.05) is 23.8 Å². The number of hydrogen-bond acceptors (Lipinski definition) is 4. The molecule has 3 rings (SSSR count). The van der Waals surface area contributed by atoms with Gasteiger partial charge in [0.2, 0.25) is 0 Å². The predicted molar refractivity (Wildman–Crippen MR) is 106 cm³/mol. The fraction of sp³-hybridized carbons (Fsp3) is 0.455. The van der Waals surface area contributed by atoms with E-state index in [2.05, 4.69) is 18.2 Å². The van der Waals surface area contributed by atoms with E-state index in [1.165, 1.54) is 12.5 Å². The summed E-state index contributed by atoms with van der Waals surface area (Å²) in [5.41, 5.74) is 2.29. The van der Waals surface area contributed by atoms with Crippen LogP contribution < -0.4 is 0 Å². The Morgan fingerprint density at radius 1 is 1.18 bits per heavy atom. The van der Waals surface area contributed by atoms with Crippen molar-refractivity contribution in [3.05, 3.63) is 58.7 Å². The van der Waals surface area contributed by atoms with Gasteiger partial charge in [0.25, 0.3) is 0 Å². The molecule has 1 aromatic carbocycles. The molecular formula is C22H25ClO5. The van der Waals surface area contributed by atoms with Crippen LogP contribution in [0.2, 0.25) is 0 Å². The Balaban J connectivity index is 1.44. The van der Waals surface area contributed by atoms with Gasteiger partial charge in [0.1, 0.15) is 0 Å². The minimum atomic E-state index is -0.851. The molecule has 4 atom stereocenters. The summed E-state index contributed by atoms with van der Waals surface area (Å²) in [6.07, 6.45) is 7.67. The van der Waals surface area contributed by atoms with E-state index >= 15 is 0 Å². The second-order valence-corrected chi connectivity index (χ2v) is 7.91. The Bertz CT molecular complexity index is 768. The first-order chi connectivity index (χ1) is 13.4. The average molecular weight is 405 g/mol.